The molecule has 0 aliphatic rings. The lowest BCUT2D eigenvalue weighted by Gasteiger charge is -2.19. The van der Waals surface area contributed by atoms with E-state index in [4.69, 9.17) is 10.2 Å². The molecule has 0 aliphatic heterocycles. The minimum absolute atomic E-state index is 0.119. The van der Waals surface area contributed by atoms with Crippen molar-refractivity contribution in [3.8, 4) is 0 Å². The first-order chi connectivity index (χ1) is 8.76. The average molecular weight is 248 g/mol. The van der Waals surface area contributed by atoms with Crippen LogP contribution in [-0.4, -0.2) is 52.3 Å². The van der Waals surface area contributed by atoms with Crippen molar-refractivity contribution in [3.05, 3.63) is 36.0 Å². The lowest BCUT2D eigenvalue weighted by Crippen LogP contribution is -2.36. The molecule has 0 saturated carbocycles. The molecule has 0 fully saturated rings. The topological polar surface area (TPSA) is 76.6 Å². The molecule has 1 aromatic heterocycles. The molecule has 2 rings (SSSR count). The molecule has 1 heterocycles. The van der Waals surface area contributed by atoms with Crippen molar-refractivity contribution < 1.29 is 15.0 Å². The van der Waals surface area contributed by atoms with E-state index < -0.39 is 0 Å². The summed E-state index contributed by atoms with van der Waals surface area (Å²) in [6, 6.07) is 9.40. The number of aromatic amines is 1. The molecule has 96 valence electrons. The average Bonchev–Trinajstić information content (AvgIpc) is 2.81. The minimum Gasteiger partial charge on any atom is -0.395 e. The molecule has 0 atom stereocenters. The largest absolute Gasteiger partial charge is 0.395 e. The van der Waals surface area contributed by atoms with Gasteiger partial charge in [-0.3, -0.25) is 4.79 Å². The van der Waals surface area contributed by atoms with Crippen molar-refractivity contribution in [2.75, 3.05) is 26.3 Å². The summed E-state index contributed by atoms with van der Waals surface area (Å²) in [6.45, 7) is 0.196. The normalized spacial score (nSPS) is 10.8. The summed E-state index contributed by atoms with van der Waals surface area (Å²) in [4.78, 5) is 16.6. The molecule has 0 unspecified atom stereocenters. The number of nitrogens with zero attached hydrogens (tertiary/aromatic N) is 1. The van der Waals surface area contributed by atoms with E-state index in [0.717, 1.165) is 10.9 Å². The second kappa shape index (κ2) is 5.66. The number of nitrogens with one attached hydrogen (secondary N) is 1. The molecule has 2 aromatic rings. The molecule has 1 amide bonds. The van der Waals surface area contributed by atoms with Crippen LogP contribution in [0.4, 0.5) is 0 Å². The van der Waals surface area contributed by atoms with Crippen molar-refractivity contribution in [1.29, 1.82) is 0 Å². The zero-order valence-electron chi connectivity index (χ0n) is 9.97. The SMILES string of the molecule is O=C(c1cc2ccccc2[nH]1)N(CCO)CCO. The summed E-state index contributed by atoms with van der Waals surface area (Å²) in [5.41, 5.74) is 1.37. The summed E-state index contributed by atoms with van der Waals surface area (Å²) in [5, 5.41) is 18.8. The van der Waals surface area contributed by atoms with Crippen LogP contribution in [0.2, 0.25) is 0 Å². The first-order valence-corrected chi connectivity index (χ1v) is 5.85. The highest BCUT2D eigenvalue weighted by Gasteiger charge is 2.16. The predicted molar refractivity (Wildman–Crippen MR) is 68.4 cm³/mol. The molecule has 5 heteroatoms. The van der Waals surface area contributed by atoms with Gasteiger partial charge in [-0.15, -0.1) is 0 Å². The van der Waals surface area contributed by atoms with Gasteiger partial charge in [0.15, 0.2) is 0 Å². The van der Waals surface area contributed by atoms with Crippen LogP contribution in [0.25, 0.3) is 10.9 Å². The summed E-state index contributed by atoms with van der Waals surface area (Å²) in [5.74, 6) is -0.214. The Bertz CT molecular complexity index is 497. The number of rotatable bonds is 5. The Morgan fingerprint density at radius 2 is 1.83 bits per heavy atom. The second-order valence-corrected chi connectivity index (χ2v) is 4.01. The maximum Gasteiger partial charge on any atom is 0.270 e. The van der Waals surface area contributed by atoms with E-state index in [2.05, 4.69) is 4.98 Å². The van der Waals surface area contributed by atoms with Crippen LogP contribution in [0.5, 0.6) is 0 Å². The highest BCUT2D eigenvalue weighted by Crippen LogP contribution is 2.15. The van der Waals surface area contributed by atoms with E-state index >= 15 is 0 Å². The predicted octanol–water partition coefficient (Wildman–Crippen LogP) is 0.595. The standard InChI is InChI=1S/C13H16N2O3/c16-7-5-15(6-8-17)13(18)12-9-10-3-1-2-4-11(10)14-12/h1-4,9,14,16-17H,5-8H2. The van der Waals surface area contributed by atoms with Crippen LogP contribution in [0.1, 0.15) is 10.5 Å². The monoisotopic (exact) mass is 248 g/mol. The van der Waals surface area contributed by atoms with E-state index in [-0.39, 0.29) is 32.2 Å². The second-order valence-electron chi connectivity index (χ2n) is 4.01. The Morgan fingerprint density at radius 3 is 2.44 bits per heavy atom. The number of aliphatic hydroxyl groups excluding tert-OH is 2. The van der Waals surface area contributed by atoms with Gasteiger partial charge >= 0.3 is 0 Å². The quantitative estimate of drug-likeness (QED) is 0.725. The number of carbonyl (C=O) groups is 1. The first-order valence-electron chi connectivity index (χ1n) is 5.85. The van der Waals surface area contributed by atoms with Crippen LogP contribution in [-0.2, 0) is 0 Å². The van der Waals surface area contributed by atoms with Gasteiger partial charge < -0.3 is 20.1 Å². The van der Waals surface area contributed by atoms with Gasteiger partial charge in [-0.05, 0) is 12.1 Å². The number of H-pyrrole nitrogens is 1. The molecular weight excluding hydrogens is 232 g/mol. The molecule has 0 saturated heterocycles. The Labute approximate surface area is 105 Å². The number of para-hydroxylation sites is 1. The van der Waals surface area contributed by atoms with Crippen molar-refractivity contribution in [2.45, 2.75) is 0 Å². The fourth-order valence-corrected chi connectivity index (χ4v) is 1.92. The van der Waals surface area contributed by atoms with Gasteiger partial charge in [0.1, 0.15) is 5.69 Å². The van der Waals surface area contributed by atoms with E-state index in [0.29, 0.717) is 5.69 Å². The zero-order chi connectivity index (χ0) is 13.0. The number of amides is 1. The maximum absolute atomic E-state index is 12.2. The van der Waals surface area contributed by atoms with Crippen molar-refractivity contribution in [1.82, 2.24) is 9.88 Å². The molecule has 0 radical (unpaired) electrons. The van der Waals surface area contributed by atoms with E-state index in [1.807, 2.05) is 24.3 Å². The number of hydrogen-bond acceptors (Lipinski definition) is 3. The van der Waals surface area contributed by atoms with Gasteiger partial charge in [-0.2, -0.15) is 0 Å². The molecule has 18 heavy (non-hydrogen) atoms. The van der Waals surface area contributed by atoms with Crippen LogP contribution in [0.15, 0.2) is 30.3 Å². The molecule has 0 spiro atoms. The first kappa shape index (κ1) is 12.6. The Kier molecular flexibility index (Phi) is 3.96. The van der Waals surface area contributed by atoms with E-state index in [1.54, 1.807) is 6.07 Å². The molecule has 5 nitrogen and oxygen atoms in total. The smallest absolute Gasteiger partial charge is 0.270 e. The number of carbonyl (C=O) groups excluding carboxylic acids is 1. The van der Waals surface area contributed by atoms with E-state index in [9.17, 15) is 4.79 Å². The lowest BCUT2D eigenvalue weighted by atomic mass is 10.2. The maximum atomic E-state index is 12.2. The number of benzene rings is 1. The fraction of sp³-hybridized carbons (Fsp3) is 0.308. The summed E-state index contributed by atoms with van der Waals surface area (Å²) in [7, 11) is 0. The van der Waals surface area contributed by atoms with Crippen molar-refractivity contribution >= 4 is 16.8 Å². The molecule has 3 N–H and O–H groups in total. The highest BCUT2D eigenvalue weighted by molar-refractivity contribution is 5.98. The third-order valence-electron chi connectivity index (χ3n) is 2.79. The van der Waals surface area contributed by atoms with Gasteiger partial charge in [0, 0.05) is 24.0 Å². The van der Waals surface area contributed by atoms with E-state index in [1.165, 1.54) is 4.90 Å². The number of aromatic nitrogens is 1. The van der Waals surface area contributed by atoms with Crippen LogP contribution in [0, 0.1) is 0 Å². The van der Waals surface area contributed by atoms with Crippen LogP contribution in [0.3, 0.4) is 0 Å². The van der Waals surface area contributed by atoms with Crippen LogP contribution < -0.4 is 0 Å². The number of fused-ring (bicyclic) bond motifs is 1. The summed E-state index contributed by atoms with van der Waals surface area (Å²) < 4.78 is 0. The Morgan fingerprint density at radius 1 is 1.17 bits per heavy atom. The van der Waals surface area contributed by atoms with Gasteiger partial charge in [-0.25, -0.2) is 0 Å². The minimum atomic E-state index is -0.214. The van der Waals surface area contributed by atoms with Gasteiger partial charge in [0.25, 0.3) is 5.91 Å². The molecule has 1 aromatic carbocycles. The molecular formula is C13H16N2O3. The van der Waals surface area contributed by atoms with Gasteiger partial charge in [-0.1, -0.05) is 18.2 Å². The number of aliphatic hydroxyl groups is 2. The zero-order valence-corrected chi connectivity index (χ0v) is 9.97. The van der Waals surface area contributed by atoms with Crippen molar-refractivity contribution in [3.63, 3.8) is 0 Å². The summed E-state index contributed by atoms with van der Waals surface area (Å²) in [6.07, 6.45) is 0. The lowest BCUT2D eigenvalue weighted by molar-refractivity contribution is 0.0680. The highest BCUT2D eigenvalue weighted by atomic mass is 16.3. The van der Waals surface area contributed by atoms with Crippen molar-refractivity contribution in [2.24, 2.45) is 0 Å². The third kappa shape index (κ3) is 2.52. The Balaban J connectivity index is 2.25. The Hall–Kier alpha value is -1.85. The van der Waals surface area contributed by atoms with Gasteiger partial charge in [0.2, 0.25) is 0 Å². The van der Waals surface area contributed by atoms with Gasteiger partial charge in [0.05, 0.1) is 13.2 Å². The third-order valence-corrected chi connectivity index (χ3v) is 2.79. The fourth-order valence-electron chi connectivity index (χ4n) is 1.92. The summed E-state index contributed by atoms with van der Waals surface area (Å²) >= 11 is 0. The molecule has 0 bridgehead atoms. The van der Waals surface area contributed by atoms with Crippen LogP contribution >= 0.6 is 0 Å². The number of hydrogen-bond donors (Lipinski definition) is 3. The molecule has 0 aliphatic carbocycles.